The van der Waals surface area contributed by atoms with Gasteiger partial charge in [0, 0.05) is 18.0 Å². The van der Waals surface area contributed by atoms with E-state index in [-0.39, 0.29) is 5.75 Å². The van der Waals surface area contributed by atoms with Crippen LogP contribution in [0.4, 0.5) is 5.69 Å². The molecule has 0 spiro atoms. The molecule has 22 heavy (non-hydrogen) atoms. The number of sulfonamides is 1. The molecule has 1 aromatic carbocycles. The van der Waals surface area contributed by atoms with Gasteiger partial charge in [0.1, 0.15) is 5.52 Å². The van der Waals surface area contributed by atoms with Gasteiger partial charge in [-0.05, 0) is 30.7 Å². The molecule has 3 aromatic rings. The molecule has 0 aliphatic rings. The van der Waals surface area contributed by atoms with Gasteiger partial charge in [-0.3, -0.25) is 9.71 Å². The molecule has 1 N–H and O–H groups in total. The fourth-order valence-electron chi connectivity index (χ4n) is 2.14. The van der Waals surface area contributed by atoms with Crippen molar-refractivity contribution >= 4 is 26.8 Å². The lowest BCUT2D eigenvalue weighted by atomic mass is 10.3. The van der Waals surface area contributed by atoms with Crippen molar-refractivity contribution in [3.8, 4) is 11.5 Å². The van der Waals surface area contributed by atoms with Crippen molar-refractivity contribution < 1.29 is 12.8 Å². The number of rotatable bonds is 5. The Labute approximate surface area is 128 Å². The van der Waals surface area contributed by atoms with Crippen LogP contribution >= 0.6 is 0 Å². The summed E-state index contributed by atoms with van der Waals surface area (Å²) < 4.78 is 32.1. The van der Waals surface area contributed by atoms with Gasteiger partial charge in [-0.15, -0.1) is 0 Å². The number of nitrogens with one attached hydrogen (secondary N) is 1. The maximum absolute atomic E-state index is 11.9. The monoisotopic (exact) mass is 317 g/mol. The van der Waals surface area contributed by atoms with E-state index in [0.29, 0.717) is 29.1 Å². The molecular formula is C15H15N3O3S. The Morgan fingerprint density at radius 3 is 2.68 bits per heavy atom. The Morgan fingerprint density at radius 2 is 1.95 bits per heavy atom. The first-order valence-corrected chi connectivity index (χ1v) is 8.55. The number of pyridine rings is 1. The van der Waals surface area contributed by atoms with Crippen molar-refractivity contribution in [2.75, 3.05) is 10.5 Å². The molecule has 7 heteroatoms. The van der Waals surface area contributed by atoms with Gasteiger partial charge in [0.25, 0.3) is 0 Å². The number of anilines is 1. The number of hydrogen-bond acceptors (Lipinski definition) is 5. The molecule has 0 aliphatic carbocycles. The molecule has 3 rings (SSSR count). The van der Waals surface area contributed by atoms with E-state index in [1.807, 2.05) is 6.92 Å². The summed E-state index contributed by atoms with van der Waals surface area (Å²) >= 11 is 0. The molecule has 0 radical (unpaired) electrons. The van der Waals surface area contributed by atoms with Gasteiger partial charge in [0.2, 0.25) is 15.9 Å². The summed E-state index contributed by atoms with van der Waals surface area (Å²) in [6, 6.07) is 8.73. The highest BCUT2D eigenvalue weighted by molar-refractivity contribution is 7.92. The number of para-hydroxylation sites is 1. The number of nitrogens with zero attached hydrogens (tertiary/aromatic N) is 2. The third-order valence-electron chi connectivity index (χ3n) is 3.08. The Morgan fingerprint density at radius 1 is 1.18 bits per heavy atom. The lowest BCUT2D eigenvalue weighted by Crippen LogP contribution is -2.16. The fourth-order valence-corrected chi connectivity index (χ4v) is 3.28. The lowest BCUT2D eigenvalue weighted by molar-refractivity contribution is 0.600. The van der Waals surface area contributed by atoms with E-state index in [2.05, 4.69) is 14.7 Å². The second-order valence-electron chi connectivity index (χ2n) is 4.83. The summed E-state index contributed by atoms with van der Waals surface area (Å²) in [5.74, 6) is 0.498. The third-order valence-corrected chi connectivity index (χ3v) is 4.56. The van der Waals surface area contributed by atoms with Crippen LogP contribution in [-0.2, 0) is 10.0 Å². The minimum Gasteiger partial charge on any atom is -0.436 e. The molecule has 0 saturated heterocycles. The number of oxazole rings is 1. The summed E-state index contributed by atoms with van der Waals surface area (Å²) in [5, 5.41) is 0. The zero-order valence-corrected chi connectivity index (χ0v) is 12.8. The Bertz CT molecular complexity index is 889. The molecule has 0 amide bonds. The smallest absolute Gasteiger partial charge is 0.232 e. The average Bonchev–Trinajstić information content (AvgIpc) is 2.93. The number of hydrogen-bond donors (Lipinski definition) is 1. The molecule has 0 bridgehead atoms. The van der Waals surface area contributed by atoms with Gasteiger partial charge in [-0.2, -0.15) is 0 Å². The maximum Gasteiger partial charge on any atom is 0.232 e. The zero-order chi connectivity index (χ0) is 15.6. The first kappa shape index (κ1) is 14.5. The highest BCUT2D eigenvalue weighted by Gasteiger charge is 2.15. The van der Waals surface area contributed by atoms with Crippen LogP contribution in [0.3, 0.4) is 0 Å². The van der Waals surface area contributed by atoms with E-state index in [4.69, 9.17) is 4.42 Å². The zero-order valence-electron chi connectivity index (χ0n) is 12.0. The maximum atomic E-state index is 11.9. The highest BCUT2D eigenvalue weighted by Crippen LogP contribution is 2.29. The molecule has 114 valence electrons. The number of fused-ring (bicyclic) bond motifs is 1. The summed E-state index contributed by atoms with van der Waals surface area (Å²) in [6.07, 6.45) is 3.84. The van der Waals surface area contributed by atoms with Gasteiger partial charge in [-0.1, -0.05) is 13.0 Å². The molecule has 6 nitrogen and oxygen atoms in total. The van der Waals surface area contributed by atoms with Gasteiger partial charge < -0.3 is 4.42 Å². The molecule has 0 unspecified atom stereocenters. The predicted octanol–water partition coefficient (Wildman–Crippen LogP) is 3.04. The van der Waals surface area contributed by atoms with Gasteiger partial charge in [0.05, 0.1) is 11.4 Å². The molecular weight excluding hydrogens is 302 g/mol. The molecule has 0 saturated carbocycles. The minimum absolute atomic E-state index is 0.0679. The van der Waals surface area contributed by atoms with Crippen LogP contribution in [0.5, 0.6) is 0 Å². The van der Waals surface area contributed by atoms with Crippen LogP contribution in [0.1, 0.15) is 13.3 Å². The van der Waals surface area contributed by atoms with Crippen molar-refractivity contribution in [2.24, 2.45) is 0 Å². The van der Waals surface area contributed by atoms with E-state index in [1.54, 1.807) is 42.7 Å². The summed E-state index contributed by atoms with van der Waals surface area (Å²) in [5.41, 5.74) is 2.24. The quantitative estimate of drug-likeness (QED) is 0.781. The molecule has 2 heterocycles. The first-order valence-electron chi connectivity index (χ1n) is 6.89. The molecule has 2 aromatic heterocycles. The first-order chi connectivity index (χ1) is 10.6. The van der Waals surface area contributed by atoms with Crippen LogP contribution in [0.15, 0.2) is 47.1 Å². The highest BCUT2D eigenvalue weighted by atomic mass is 32.2. The van der Waals surface area contributed by atoms with Crippen molar-refractivity contribution in [2.45, 2.75) is 13.3 Å². The number of benzene rings is 1. The SMILES string of the molecule is CCCS(=O)(=O)Nc1cccc2oc(-c3ccncc3)nc12. The van der Waals surface area contributed by atoms with Gasteiger partial charge in [0.15, 0.2) is 5.58 Å². The van der Waals surface area contributed by atoms with Crippen molar-refractivity contribution in [3.05, 3.63) is 42.7 Å². The Kier molecular flexibility index (Phi) is 3.81. The third kappa shape index (κ3) is 2.94. The second kappa shape index (κ2) is 5.76. The van der Waals surface area contributed by atoms with Crippen LogP contribution in [0, 0.1) is 0 Å². The summed E-state index contributed by atoms with van der Waals surface area (Å²) in [7, 11) is -3.37. The van der Waals surface area contributed by atoms with E-state index in [0.717, 1.165) is 5.56 Å². The van der Waals surface area contributed by atoms with Crippen molar-refractivity contribution in [3.63, 3.8) is 0 Å². The topological polar surface area (TPSA) is 85.1 Å². The van der Waals surface area contributed by atoms with Gasteiger partial charge in [-0.25, -0.2) is 13.4 Å². The Balaban J connectivity index is 2.04. The standard InChI is InChI=1S/C15H15N3O3S/c1-2-10-22(19,20)18-12-4-3-5-13-14(12)17-15(21-13)11-6-8-16-9-7-11/h3-9,18H,2,10H2,1H3. The second-order valence-corrected chi connectivity index (χ2v) is 6.67. The van der Waals surface area contributed by atoms with Crippen LogP contribution < -0.4 is 4.72 Å². The van der Waals surface area contributed by atoms with Crippen molar-refractivity contribution in [1.29, 1.82) is 0 Å². The predicted molar refractivity (Wildman–Crippen MR) is 84.9 cm³/mol. The normalized spacial score (nSPS) is 11.7. The number of aromatic nitrogens is 2. The van der Waals surface area contributed by atoms with Crippen LogP contribution in [0.2, 0.25) is 0 Å². The molecule has 0 atom stereocenters. The fraction of sp³-hybridized carbons (Fsp3) is 0.200. The van der Waals surface area contributed by atoms with E-state index >= 15 is 0 Å². The molecule has 0 aliphatic heterocycles. The minimum atomic E-state index is -3.37. The van der Waals surface area contributed by atoms with Crippen LogP contribution in [-0.4, -0.2) is 24.1 Å². The van der Waals surface area contributed by atoms with Crippen molar-refractivity contribution in [1.82, 2.24) is 9.97 Å². The van der Waals surface area contributed by atoms with E-state index in [1.165, 1.54) is 0 Å². The van der Waals surface area contributed by atoms with E-state index in [9.17, 15) is 8.42 Å². The summed E-state index contributed by atoms with van der Waals surface area (Å²) in [6.45, 7) is 1.82. The van der Waals surface area contributed by atoms with Crippen LogP contribution in [0.25, 0.3) is 22.6 Å². The lowest BCUT2D eigenvalue weighted by Gasteiger charge is -2.06. The molecule has 0 fully saturated rings. The Hall–Kier alpha value is -2.41. The van der Waals surface area contributed by atoms with E-state index < -0.39 is 10.0 Å². The average molecular weight is 317 g/mol. The largest absolute Gasteiger partial charge is 0.436 e. The van der Waals surface area contributed by atoms with Gasteiger partial charge >= 0.3 is 0 Å². The summed E-state index contributed by atoms with van der Waals surface area (Å²) in [4.78, 5) is 8.36.